The van der Waals surface area contributed by atoms with E-state index in [1.165, 1.54) is 0 Å². The highest BCUT2D eigenvalue weighted by Gasteiger charge is 2.30. The van der Waals surface area contributed by atoms with Gasteiger partial charge in [-0.05, 0) is 33.6 Å². The molecule has 1 rings (SSSR count). The minimum Gasteiger partial charge on any atom is -0.481 e. The van der Waals surface area contributed by atoms with Crippen molar-refractivity contribution in [3.8, 4) is 0 Å². The van der Waals surface area contributed by atoms with E-state index in [1.54, 1.807) is 33.3 Å². The van der Waals surface area contributed by atoms with Crippen LogP contribution in [0.3, 0.4) is 0 Å². The smallest absolute Gasteiger partial charge is 0.311 e. The van der Waals surface area contributed by atoms with Crippen molar-refractivity contribution in [2.45, 2.75) is 40.5 Å². The first kappa shape index (κ1) is 18.2. The summed E-state index contributed by atoms with van der Waals surface area (Å²) in [4.78, 5) is 27.4. The number of aliphatic carboxylic acids is 1. The van der Waals surface area contributed by atoms with Gasteiger partial charge in [0.2, 0.25) is 0 Å². The molecule has 2 atom stereocenters. The first-order valence-corrected chi connectivity index (χ1v) is 7.52. The Hall–Kier alpha value is -1.85. The van der Waals surface area contributed by atoms with E-state index in [1.807, 2.05) is 18.5 Å². The molecule has 0 radical (unpaired) electrons. The number of esters is 1. The van der Waals surface area contributed by atoms with Crippen LogP contribution in [0.2, 0.25) is 0 Å². The third kappa shape index (κ3) is 4.86. The number of carbonyl (C=O) groups excluding carboxylic acids is 1. The van der Waals surface area contributed by atoms with E-state index in [0.29, 0.717) is 12.8 Å². The lowest BCUT2D eigenvalue weighted by Gasteiger charge is -2.25. The van der Waals surface area contributed by atoms with Gasteiger partial charge >= 0.3 is 11.9 Å². The Morgan fingerprint density at radius 1 is 1.41 bits per heavy atom. The predicted octanol–water partition coefficient (Wildman–Crippen LogP) is 2.28. The van der Waals surface area contributed by atoms with Crippen molar-refractivity contribution in [2.75, 3.05) is 6.61 Å². The van der Waals surface area contributed by atoms with Gasteiger partial charge in [0.05, 0.1) is 24.3 Å². The lowest BCUT2D eigenvalue weighted by molar-refractivity contribution is -0.157. The average Bonchev–Trinajstić information content (AvgIpc) is 2.80. The summed E-state index contributed by atoms with van der Waals surface area (Å²) in [6.45, 7) is 7.27. The maximum Gasteiger partial charge on any atom is 0.311 e. The van der Waals surface area contributed by atoms with Crippen LogP contribution in [-0.2, 0) is 27.8 Å². The Balaban J connectivity index is 2.85. The van der Waals surface area contributed by atoms with Gasteiger partial charge in [0, 0.05) is 24.9 Å². The van der Waals surface area contributed by atoms with Crippen LogP contribution in [-0.4, -0.2) is 33.2 Å². The van der Waals surface area contributed by atoms with Crippen LogP contribution in [0.4, 0.5) is 0 Å². The van der Waals surface area contributed by atoms with E-state index in [9.17, 15) is 14.7 Å². The average molecular weight is 310 g/mol. The third-order valence-corrected chi connectivity index (χ3v) is 3.75. The highest BCUT2D eigenvalue weighted by molar-refractivity contribution is 5.75. The van der Waals surface area contributed by atoms with Crippen LogP contribution in [0, 0.1) is 17.3 Å². The molecule has 0 aliphatic heterocycles. The van der Waals surface area contributed by atoms with Gasteiger partial charge in [-0.3, -0.25) is 9.59 Å². The number of aryl methyl sites for hydroxylation is 1. The second-order valence-corrected chi connectivity index (χ2v) is 6.66. The third-order valence-electron chi connectivity index (χ3n) is 3.75. The molecule has 0 saturated heterocycles. The van der Waals surface area contributed by atoms with Crippen molar-refractivity contribution >= 4 is 11.9 Å². The lowest BCUT2D eigenvalue weighted by atomic mass is 9.87. The second kappa shape index (κ2) is 7.42. The van der Waals surface area contributed by atoms with Crippen molar-refractivity contribution in [1.29, 1.82) is 0 Å². The summed E-state index contributed by atoms with van der Waals surface area (Å²) in [6, 6.07) is 0. The fraction of sp³-hybridized carbons (Fsp3) is 0.688. The van der Waals surface area contributed by atoms with Crippen molar-refractivity contribution in [2.24, 2.45) is 24.3 Å². The van der Waals surface area contributed by atoms with Crippen LogP contribution in [0.1, 0.15) is 39.8 Å². The summed E-state index contributed by atoms with van der Waals surface area (Å²) in [5.74, 6) is -2.00. The van der Waals surface area contributed by atoms with Crippen molar-refractivity contribution < 1.29 is 19.4 Å². The molecular formula is C16H26N2O4. The van der Waals surface area contributed by atoms with Crippen molar-refractivity contribution in [3.05, 3.63) is 18.2 Å². The Kier molecular flexibility index (Phi) is 6.14. The van der Waals surface area contributed by atoms with Gasteiger partial charge in [-0.1, -0.05) is 6.92 Å². The highest BCUT2D eigenvalue weighted by Crippen LogP contribution is 2.23. The summed E-state index contributed by atoms with van der Waals surface area (Å²) in [5, 5.41) is 9.40. The standard InChI is InChI=1S/C16H26N2O4/c1-6-13(14(19)20)11(7-12-8-17-10-18(12)5)9-22-15(21)16(2,3)4/h8,10-11,13H,6-7,9H2,1-5H3,(H,19,20)/t11?,13-/m0/s1. The Morgan fingerprint density at radius 3 is 2.45 bits per heavy atom. The minimum absolute atomic E-state index is 0.103. The van der Waals surface area contributed by atoms with E-state index in [2.05, 4.69) is 4.98 Å². The number of rotatable bonds is 7. The topological polar surface area (TPSA) is 81.4 Å². The molecule has 0 fully saturated rings. The molecule has 1 unspecified atom stereocenters. The maximum absolute atomic E-state index is 11.9. The summed E-state index contributed by atoms with van der Waals surface area (Å²) >= 11 is 0. The number of hydrogen-bond acceptors (Lipinski definition) is 4. The van der Waals surface area contributed by atoms with Gasteiger partial charge in [0.1, 0.15) is 0 Å². The number of imidazole rings is 1. The molecule has 0 aliphatic carbocycles. The summed E-state index contributed by atoms with van der Waals surface area (Å²) in [5.41, 5.74) is 0.332. The zero-order valence-electron chi connectivity index (χ0n) is 14.0. The van der Waals surface area contributed by atoms with Gasteiger partial charge in [0.15, 0.2) is 0 Å². The van der Waals surface area contributed by atoms with E-state index in [0.717, 1.165) is 5.69 Å². The Labute approximate surface area is 131 Å². The van der Waals surface area contributed by atoms with Gasteiger partial charge < -0.3 is 14.4 Å². The molecule has 124 valence electrons. The molecule has 0 aliphatic rings. The van der Waals surface area contributed by atoms with Gasteiger partial charge in [-0.25, -0.2) is 4.98 Å². The lowest BCUT2D eigenvalue weighted by Crippen LogP contribution is -2.32. The molecule has 0 amide bonds. The molecule has 1 aromatic rings. The quantitative estimate of drug-likeness (QED) is 0.781. The van der Waals surface area contributed by atoms with E-state index in [-0.39, 0.29) is 18.5 Å². The number of ether oxygens (including phenoxy) is 1. The first-order valence-electron chi connectivity index (χ1n) is 7.52. The van der Waals surface area contributed by atoms with Crippen LogP contribution in [0.15, 0.2) is 12.5 Å². The largest absolute Gasteiger partial charge is 0.481 e. The van der Waals surface area contributed by atoms with Gasteiger partial charge in [0.25, 0.3) is 0 Å². The predicted molar refractivity (Wildman–Crippen MR) is 82.2 cm³/mol. The number of carbonyl (C=O) groups is 2. The molecule has 0 bridgehead atoms. The van der Waals surface area contributed by atoms with Crippen LogP contribution in [0.5, 0.6) is 0 Å². The zero-order valence-corrected chi connectivity index (χ0v) is 14.0. The molecule has 0 aromatic carbocycles. The molecule has 1 heterocycles. The zero-order chi connectivity index (χ0) is 16.9. The Morgan fingerprint density at radius 2 is 2.05 bits per heavy atom. The molecule has 1 N–H and O–H groups in total. The van der Waals surface area contributed by atoms with Crippen molar-refractivity contribution in [1.82, 2.24) is 9.55 Å². The van der Waals surface area contributed by atoms with Gasteiger partial charge in [-0.2, -0.15) is 0 Å². The Bertz CT molecular complexity index is 516. The molecular weight excluding hydrogens is 284 g/mol. The summed E-state index contributed by atoms with van der Waals surface area (Å²) in [6.07, 6.45) is 4.39. The van der Waals surface area contributed by atoms with Crippen LogP contribution < -0.4 is 0 Å². The molecule has 22 heavy (non-hydrogen) atoms. The number of carboxylic acids is 1. The van der Waals surface area contributed by atoms with E-state index < -0.39 is 17.3 Å². The molecule has 6 heteroatoms. The maximum atomic E-state index is 11.9. The number of nitrogens with zero attached hydrogens (tertiary/aromatic N) is 2. The number of carboxylic acid groups (broad SMARTS) is 1. The van der Waals surface area contributed by atoms with E-state index in [4.69, 9.17) is 4.74 Å². The molecule has 0 saturated carbocycles. The van der Waals surface area contributed by atoms with Crippen LogP contribution in [0.25, 0.3) is 0 Å². The van der Waals surface area contributed by atoms with Crippen LogP contribution >= 0.6 is 0 Å². The number of hydrogen-bond donors (Lipinski definition) is 1. The van der Waals surface area contributed by atoms with Crippen molar-refractivity contribution in [3.63, 3.8) is 0 Å². The molecule has 6 nitrogen and oxygen atoms in total. The second-order valence-electron chi connectivity index (χ2n) is 6.66. The monoisotopic (exact) mass is 310 g/mol. The number of aromatic nitrogens is 2. The van der Waals surface area contributed by atoms with E-state index >= 15 is 0 Å². The highest BCUT2D eigenvalue weighted by atomic mass is 16.5. The fourth-order valence-electron chi connectivity index (χ4n) is 2.28. The fourth-order valence-corrected chi connectivity index (χ4v) is 2.28. The van der Waals surface area contributed by atoms with Gasteiger partial charge in [-0.15, -0.1) is 0 Å². The SMILES string of the molecule is CC[C@H](C(=O)O)C(COC(=O)C(C)(C)C)Cc1cncn1C. The summed E-state index contributed by atoms with van der Waals surface area (Å²) in [7, 11) is 1.86. The normalized spacial score (nSPS) is 14.4. The molecule has 0 spiro atoms. The molecule has 1 aromatic heterocycles. The summed E-state index contributed by atoms with van der Waals surface area (Å²) < 4.78 is 7.21. The minimum atomic E-state index is -0.860. The first-order chi connectivity index (χ1) is 10.2.